The van der Waals surface area contributed by atoms with Crippen LogP contribution in [0.15, 0.2) is 91.0 Å². The summed E-state index contributed by atoms with van der Waals surface area (Å²) in [5, 5.41) is 10.4. The van der Waals surface area contributed by atoms with Crippen molar-refractivity contribution in [3.63, 3.8) is 0 Å². The van der Waals surface area contributed by atoms with E-state index in [1.807, 2.05) is 91.0 Å². The van der Waals surface area contributed by atoms with Crippen LogP contribution in [0.5, 0.6) is 0 Å². The van der Waals surface area contributed by atoms with E-state index in [1.54, 1.807) is 0 Å². The molecular formula is C27H30O5. The van der Waals surface area contributed by atoms with Crippen LogP contribution in [0.1, 0.15) is 23.1 Å². The lowest BCUT2D eigenvalue weighted by Crippen LogP contribution is -2.52. The first-order chi connectivity index (χ1) is 15.8. The summed E-state index contributed by atoms with van der Waals surface area (Å²) < 4.78 is 24.3. The van der Waals surface area contributed by atoms with Crippen molar-refractivity contribution in [1.29, 1.82) is 0 Å². The molecule has 4 rings (SSSR count). The highest BCUT2D eigenvalue weighted by atomic mass is 16.6. The molecule has 5 heteroatoms. The third kappa shape index (κ3) is 6.73. The lowest BCUT2D eigenvalue weighted by molar-refractivity contribution is -0.265. The number of benzene rings is 3. The molecule has 0 saturated carbocycles. The Morgan fingerprint density at radius 3 is 1.75 bits per heavy atom. The van der Waals surface area contributed by atoms with Gasteiger partial charge in [-0.25, -0.2) is 0 Å². The molecule has 1 aliphatic rings. The topological polar surface area (TPSA) is 57.2 Å². The summed E-state index contributed by atoms with van der Waals surface area (Å²) in [6, 6.07) is 30.0. The molecule has 1 fully saturated rings. The van der Waals surface area contributed by atoms with Gasteiger partial charge in [-0.05, 0) is 16.7 Å². The first kappa shape index (κ1) is 22.6. The number of hydrogen-bond acceptors (Lipinski definition) is 5. The first-order valence-corrected chi connectivity index (χ1v) is 11.0. The molecule has 0 amide bonds. The zero-order valence-corrected chi connectivity index (χ0v) is 18.1. The fraction of sp³-hybridized carbons (Fsp3) is 0.333. The summed E-state index contributed by atoms with van der Waals surface area (Å²) in [5.41, 5.74) is 3.24. The zero-order chi connectivity index (χ0) is 22.0. The van der Waals surface area contributed by atoms with Crippen LogP contribution in [-0.4, -0.2) is 36.3 Å². The minimum atomic E-state index is -0.919. The fourth-order valence-corrected chi connectivity index (χ4v) is 3.83. The number of aliphatic hydroxyl groups excluding tert-OH is 1. The largest absolute Gasteiger partial charge is 0.374 e. The Hall–Kier alpha value is -2.54. The summed E-state index contributed by atoms with van der Waals surface area (Å²) in [7, 11) is 0. The maximum Gasteiger partial charge on any atom is 0.157 e. The van der Waals surface area contributed by atoms with Crippen molar-refractivity contribution < 1.29 is 24.1 Å². The van der Waals surface area contributed by atoms with Gasteiger partial charge in [-0.3, -0.25) is 0 Å². The Kier molecular flexibility index (Phi) is 8.42. The van der Waals surface area contributed by atoms with Gasteiger partial charge in [0.1, 0.15) is 12.2 Å². The van der Waals surface area contributed by atoms with Crippen molar-refractivity contribution in [2.75, 3.05) is 6.61 Å². The minimum absolute atomic E-state index is 0.302. The molecule has 1 unspecified atom stereocenters. The van der Waals surface area contributed by atoms with E-state index in [0.29, 0.717) is 32.8 Å². The number of rotatable bonds is 10. The van der Waals surface area contributed by atoms with E-state index in [2.05, 4.69) is 0 Å². The predicted octanol–water partition coefficient (Wildman–Crippen LogP) is 4.48. The van der Waals surface area contributed by atoms with Crippen molar-refractivity contribution in [2.24, 2.45) is 0 Å². The third-order valence-corrected chi connectivity index (χ3v) is 5.48. The minimum Gasteiger partial charge on any atom is -0.374 e. The Bertz CT molecular complexity index is 903. The molecule has 4 atom stereocenters. The van der Waals surface area contributed by atoms with Crippen LogP contribution < -0.4 is 0 Å². The molecule has 0 bridgehead atoms. The van der Waals surface area contributed by atoms with Crippen molar-refractivity contribution in [3.05, 3.63) is 108 Å². The highest BCUT2D eigenvalue weighted by molar-refractivity contribution is 5.15. The number of aliphatic hydroxyl groups is 1. The Balaban J connectivity index is 1.42. The number of ether oxygens (including phenoxy) is 4. The van der Waals surface area contributed by atoms with E-state index in [9.17, 15) is 5.11 Å². The molecule has 1 saturated heterocycles. The molecule has 1 N–H and O–H groups in total. The number of hydrogen-bond donors (Lipinski definition) is 1. The second-order valence-electron chi connectivity index (χ2n) is 7.96. The van der Waals surface area contributed by atoms with E-state index in [-0.39, 0.29) is 12.2 Å². The van der Waals surface area contributed by atoms with Crippen molar-refractivity contribution in [1.82, 2.24) is 0 Å². The van der Waals surface area contributed by atoms with Gasteiger partial charge in [0.2, 0.25) is 0 Å². The maximum absolute atomic E-state index is 10.4. The van der Waals surface area contributed by atoms with E-state index in [0.717, 1.165) is 16.7 Å². The predicted molar refractivity (Wildman–Crippen MR) is 122 cm³/mol. The molecule has 1 aliphatic heterocycles. The van der Waals surface area contributed by atoms with Crippen molar-refractivity contribution in [3.8, 4) is 0 Å². The van der Waals surface area contributed by atoms with E-state index < -0.39 is 12.4 Å². The molecule has 0 aromatic heterocycles. The van der Waals surface area contributed by atoms with Crippen LogP contribution in [-0.2, 0) is 38.8 Å². The molecule has 0 aliphatic carbocycles. The van der Waals surface area contributed by atoms with Gasteiger partial charge in [0.05, 0.1) is 32.5 Å². The van der Waals surface area contributed by atoms with E-state index >= 15 is 0 Å². The molecule has 3 aromatic rings. The van der Waals surface area contributed by atoms with Gasteiger partial charge in [0.25, 0.3) is 0 Å². The average molecular weight is 435 g/mol. The third-order valence-electron chi connectivity index (χ3n) is 5.48. The molecule has 32 heavy (non-hydrogen) atoms. The summed E-state index contributed by atoms with van der Waals surface area (Å²) >= 11 is 0. The normalized spacial score (nSPS) is 23.2. The zero-order valence-electron chi connectivity index (χ0n) is 18.1. The fourth-order valence-electron chi connectivity index (χ4n) is 3.83. The summed E-state index contributed by atoms with van der Waals surface area (Å²) in [5.74, 6) is 0. The van der Waals surface area contributed by atoms with Crippen LogP contribution in [0.3, 0.4) is 0 Å². The average Bonchev–Trinajstić information content (AvgIpc) is 2.84. The van der Waals surface area contributed by atoms with Gasteiger partial charge in [0.15, 0.2) is 6.29 Å². The Morgan fingerprint density at radius 2 is 1.19 bits per heavy atom. The van der Waals surface area contributed by atoms with Gasteiger partial charge in [-0.2, -0.15) is 0 Å². The highest BCUT2D eigenvalue weighted by Crippen LogP contribution is 2.27. The van der Waals surface area contributed by atoms with Crippen molar-refractivity contribution in [2.45, 2.75) is 50.8 Å². The summed E-state index contributed by atoms with van der Waals surface area (Å²) in [6.07, 6.45) is -1.68. The molecule has 3 aromatic carbocycles. The molecule has 5 nitrogen and oxygen atoms in total. The van der Waals surface area contributed by atoms with Gasteiger partial charge in [-0.15, -0.1) is 0 Å². The van der Waals surface area contributed by atoms with Gasteiger partial charge in [0, 0.05) is 6.42 Å². The molecule has 1 heterocycles. The standard InChI is InChI=1S/C27H30O5/c28-26-16-24(30-18-22-12-6-2-7-13-22)27(31-19-23-14-8-3-9-15-23)25(32-26)20-29-17-21-10-4-1-5-11-21/h1-15,24-28H,16-20H2/t24-,25-,26?,27-/m1/s1. The second-order valence-corrected chi connectivity index (χ2v) is 7.96. The maximum atomic E-state index is 10.4. The van der Waals surface area contributed by atoms with Gasteiger partial charge < -0.3 is 24.1 Å². The van der Waals surface area contributed by atoms with E-state index in [4.69, 9.17) is 18.9 Å². The summed E-state index contributed by atoms with van der Waals surface area (Å²) in [4.78, 5) is 0. The van der Waals surface area contributed by atoms with Crippen LogP contribution in [0.25, 0.3) is 0 Å². The highest BCUT2D eigenvalue weighted by Gasteiger charge is 2.40. The Labute approximate surface area is 189 Å². The van der Waals surface area contributed by atoms with Gasteiger partial charge >= 0.3 is 0 Å². The van der Waals surface area contributed by atoms with Gasteiger partial charge in [-0.1, -0.05) is 91.0 Å². The summed E-state index contributed by atoms with van der Waals surface area (Å²) in [6.45, 7) is 1.65. The smallest absolute Gasteiger partial charge is 0.157 e. The van der Waals surface area contributed by atoms with Crippen molar-refractivity contribution >= 4 is 0 Å². The van der Waals surface area contributed by atoms with Crippen LogP contribution >= 0.6 is 0 Å². The quantitative estimate of drug-likeness (QED) is 0.510. The molecular weight excluding hydrogens is 404 g/mol. The van der Waals surface area contributed by atoms with Crippen LogP contribution in [0.2, 0.25) is 0 Å². The lowest BCUT2D eigenvalue weighted by Gasteiger charge is -2.39. The lowest BCUT2D eigenvalue weighted by atomic mass is 10.0. The van der Waals surface area contributed by atoms with Crippen LogP contribution in [0, 0.1) is 0 Å². The molecule has 0 spiro atoms. The second kappa shape index (κ2) is 11.9. The SMILES string of the molecule is OC1C[C@@H](OCc2ccccc2)[C@@H](OCc2ccccc2)[C@@H](COCc2ccccc2)O1. The monoisotopic (exact) mass is 434 g/mol. The first-order valence-electron chi connectivity index (χ1n) is 11.0. The Morgan fingerprint density at radius 1 is 0.688 bits per heavy atom. The molecule has 0 radical (unpaired) electrons. The van der Waals surface area contributed by atoms with E-state index in [1.165, 1.54) is 0 Å². The molecule has 168 valence electrons. The van der Waals surface area contributed by atoms with Crippen LogP contribution in [0.4, 0.5) is 0 Å².